The third-order valence-corrected chi connectivity index (χ3v) is 3.87. The molecule has 0 bridgehead atoms. The summed E-state index contributed by atoms with van der Waals surface area (Å²) >= 11 is 0. The Bertz CT molecular complexity index is 506. The Morgan fingerprint density at radius 1 is 0.500 bits per heavy atom. The molecule has 0 aliphatic heterocycles. The SMILES string of the molecule is CCCOc1ccc(OCCC)cc1.CCCc1ccc(CCC)cc1. The minimum absolute atomic E-state index is 0.773. The van der Waals surface area contributed by atoms with Gasteiger partial charge in [0.25, 0.3) is 0 Å². The van der Waals surface area contributed by atoms with Gasteiger partial charge >= 0.3 is 0 Å². The Labute approximate surface area is 160 Å². The third kappa shape index (κ3) is 9.50. The van der Waals surface area contributed by atoms with Crippen molar-refractivity contribution in [3.05, 3.63) is 59.7 Å². The van der Waals surface area contributed by atoms with Gasteiger partial charge in [-0.15, -0.1) is 0 Å². The fourth-order valence-electron chi connectivity index (χ4n) is 2.52. The average molecular weight is 357 g/mol. The zero-order valence-electron chi connectivity index (χ0n) is 17.1. The number of rotatable bonds is 10. The first kappa shape index (κ1) is 22.1. The van der Waals surface area contributed by atoms with Crippen molar-refractivity contribution >= 4 is 0 Å². The third-order valence-electron chi connectivity index (χ3n) is 3.87. The molecule has 2 aromatic rings. The van der Waals surface area contributed by atoms with E-state index in [1.165, 1.54) is 36.8 Å². The van der Waals surface area contributed by atoms with Gasteiger partial charge in [0.2, 0.25) is 0 Å². The molecule has 2 rings (SSSR count). The van der Waals surface area contributed by atoms with Crippen LogP contribution in [-0.2, 0) is 12.8 Å². The van der Waals surface area contributed by atoms with Crippen molar-refractivity contribution in [2.24, 2.45) is 0 Å². The van der Waals surface area contributed by atoms with Crippen LogP contribution in [0.2, 0.25) is 0 Å². The van der Waals surface area contributed by atoms with Crippen LogP contribution in [0.25, 0.3) is 0 Å². The molecule has 0 spiro atoms. The van der Waals surface area contributed by atoms with Crippen molar-refractivity contribution < 1.29 is 9.47 Å². The molecule has 2 heteroatoms. The highest BCUT2D eigenvalue weighted by molar-refractivity contribution is 5.31. The van der Waals surface area contributed by atoms with Gasteiger partial charge in [0.15, 0.2) is 0 Å². The van der Waals surface area contributed by atoms with Crippen molar-refractivity contribution in [2.45, 2.75) is 66.2 Å². The lowest BCUT2D eigenvalue weighted by Gasteiger charge is -2.06. The van der Waals surface area contributed by atoms with Crippen molar-refractivity contribution in [3.63, 3.8) is 0 Å². The van der Waals surface area contributed by atoms with Crippen molar-refractivity contribution in [1.29, 1.82) is 0 Å². The van der Waals surface area contributed by atoms with Crippen LogP contribution in [0.1, 0.15) is 64.5 Å². The molecule has 0 saturated heterocycles. The summed E-state index contributed by atoms with van der Waals surface area (Å²) in [6.45, 7) is 10.2. The Kier molecular flexibility index (Phi) is 12.1. The molecule has 0 heterocycles. The molecule has 0 amide bonds. The van der Waals surface area contributed by atoms with E-state index < -0.39 is 0 Å². The molecule has 0 aromatic heterocycles. The highest BCUT2D eigenvalue weighted by Gasteiger charge is 1.95. The molecule has 0 N–H and O–H groups in total. The minimum atomic E-state index is 0.773. The average Bonchev–Trinajstić information content (AvgIpc) is 2.68. The van der Waals surface area contributed by atoms with Crippen molar-refractivity contribution in [2.75, 3.05) is 13.2 Å². The van der Waals surface area contributed by atoms with Crippen LogP contribution in [0.5, 0.6) is 11.5 Å². The summed E-state index contributed by atoms with van der Waals surface area (Å²) in [5, 5.41) is 0. The second kappa shape index (κ2) is 14.2. The number of aryl methyl sites for hydroxylation is 2. The van der Waals surface area contributed by atoms with Crippen LogP contribution in [-0.4, -0.2) is 13.2 Å². The first-order valence-corrected chi connectivity index (χ1v) is 10.2. The first-order chi connectivity index (χ1) is 12.7. The van der Waals surface area contributed by atoms with Crippen molar-refractivity contribution in [3.8, 4) is 11.5 Å². The highest BCUT2D eigenvalue weighted by atomic mass is 16.5. The van der Waals surface area contributed by atoms with E-state index in [1.54, 1.807) is 0 Å². The Morgan fingerprint density at radius 2 is 0.846 bits per heavy atom. The highest BCUT2D eigenvalue weighted by Crippen LogP contribution is 2.17. The summed E-state index contributed by atoms with van der Waals surface area (Å²) in [5.41, 5.74) is 2.94. The number of hydrogen-bond acceptors (Lipinski definition) is 2. The molecule has 0 aliphatic carbocycles. The summed E-state index contributed by atoms with van der Waals surface area (Å²) < 4.78 is 10.9. The van der Waals surface area contributed by atoms with Crippen LogP contribution in [0.15, 0.2) is 48.5 Å². The summed E-state index contributed by atoms with van der Waals surface area (Å²) in [5.74, 6) is 1.83. The smallest absolute Gasteiger partial charge is 0.119 e. The topological polar surface area (TPSA) is 18.5 Å². The van der Waals surface area contributed by atoms with E-state index in [0.717, 1.165) is 37.6 Å². The van der Waals surface area contributed by atoms with E-state index >= 15 is 0 Å². The Hall–Kier alpha value is -1.96. The van der Waals surface area contributed by atoms with E-state index in [1.807, 2.05) is 24.3 Å². The normalized spacial score (nSPS) is 10.0. The van der Waals surface area contributed by atoms with Gasteiger partial charge in [-0.3, -0.25) is 0 Å². The lowest BCUT2D eigenvalue weighted by atomic mass is 10.1. The first-order valence-electron chi connectivity index (χ1n) is 10.2. The van der Waals surface area contributed by atoms with Crippen LogP contribution < -0.4 is 9.47 Å². The van der Waals surface area contributed by atoms with Gasteiger partial charge in [0, 0.05) is 0 Å². The maximum absolute atomic E-state index is 5.46. The van der Waals surface area contributed by atoms with Gasteiger partial charge in [-0.1, -0.05) is 64.8 Å². The predicted molar refractivity (Wildman–Crippen MR) is 112 cm³/mol. The predicted octanol–water partition coefficient (Wildman–Crippen LogP) is 6.86. The van der Waals surface area contributed by atoms with E-state index in [2.05, 4.69) is 52.0 Å². The number of ether oxygens (including phenoxy) is 2. The van der Waals surface area contributed by atoms with E-state index in [-0.39, 0.29) is 0 Å². The molecule has 0 atom stereocenters. The second-order valence-corrected chi connectivity index (χ2v) is 6.48. The summed E-state index contributed by atoms with van der Waals surface area (Å²) in [6.07, 6.45) is 6.99. The van der Waals surface area contributed by atoms with Gasteiger partial charge in [0.1, 0.15) is 11.5 Å². The molecule has 0 aliphatic rings. The fraction of sp³-hybridized carbons (Fsp3) is 0.500. The van der Waals surface area contributed by atoms with Gasteiger partial charge in [-0.25, -0.2) is 0 Å². The summed E-state index contributed by atoms with van der Waals surface area (Å²) in [4.78, 5) is 0. The van der Waals surface area contributed by atoms with Crippen LogP contribution in [0, 0.1) is 0 Å². The maximum Gasteiger partial charge on any atom is 0.119 e. The van der Waals surface area contributed by atoms with Gasteiger partial charge in [0.05, 0.1) is 13.2 Å². The lowest BCUT2D eigenvalue weighted by Crippen LogP contribution is -1.96. The molecule has 26 heavy (non-hydrogen) atoms. The molecule has 2 aromatic carbocycles. The maximum atomic E-state index is 5.46. The van der Waals surface area contributed by atoms with Gasteiger partial charge in [-0.2, -0.15) is 0 Å². The standard InChI is InChI=1S/C12H18O2.C12H18/c1-3-9-13-11-5-7-12(8-6-11)14-10-4-2;1-3-5-11-7-9-12(6-4-2)10-8-11/h5-8H,3-4,9-10H2,1-2H3;7-10H,3-6H2,1-2H3. The van der Waals surface area contributed by atoms with Gasteiger partial charge in [-0.05, 0) is 61.1 Å². The molecular weight excluding hydrogens is 320 g/mol. The summed E-state index contributed by atoms with van der Waals surface area (Å²) in [7, 11) is 0. The molecule has 0 saturated carbocycles. The summed E-state index contributed by atoms with van der Waals surface area (Å²) in [6, 6.07) is 16.8. The largest absolute Gasteiger partial charge is 0.494 e. The van der Waals surface area contributed by atoms with Crippen LogP contribution in [0.4, 0.5) is 0 Å². The second-order valence-electron chi connectivity index (χ2n) is 6.48. The molecular formula is C24H36O2. The van der Waals surface area contributed by atoms with E-state index in [9.17, 15) is 0 Å². The number of benzene rings is 2. The van der Waals surface area contributed by atoms with Crippen LogP contribution >= 0.6 is 0 Å². The van der Waals surface area contributed by atoms with E-state index in [0.29, 0.717) is 0 Å². The zero-order chi connectivity index (χ0) is 19.0. The molecule has 0 radical (unpaired) electrons. The molecule has 0 unspecified atom stereocenters. The Morgan fingerprint density at radius 3 is 1.12 bits per heavy atom. The van der Waals surface area contributed by atoms with E-state index in [4.69, 9.17) is 9.47 Å². The Balaban J connectivity index is 0.000000263. The zero-order valence-corrected chi connectivity index (χ0v) is 17.1. The number of hydrogen-bond donors (Lipinski definition) is 0. The minimum Gasteiger partial charge on any atom is -0.494 e. The fourth-order valence-corrected chi connectivity index (χ4v) is 2.52. The lowest BCUT2D eigenvalue weighted by molar-refractivity contribution is 0.308. The quantitative estimate of drug-likeness (QED) is 0.463. The van der Waals surface area contributed by atoms with Crippen LogP contribution in [0.3, 0.4) is 0 Å². The monoisotopic (exact) mass is 356 g/mol. The molecule has 0 fully saturated rings. The molecule has 144 valence electrons. The molecule has 2 nitrogen and oxygen atoms in total. The van der Waals surface area contributed by atoms with Crippen molar-refractivity contribution in [1.82, 2.24) is 0 Å². The van der Waals surface area contributed by atoms with Gasteiger partial charge < -0.3 is 9.47 Å².